The number of nitriles is 1. The highest BCUT2D eigenvalue weighted by Gasteiger charge is 2.26. The molecule has 0 fully saturated rings. The molecule has 0 spiro atoms. The van der Waals surface area contributed by atoms with E-state index in [1.807, 2.05) is 0 Å². The average molecular weight is 434 g/mol. The quantitative estimate of drug-likeness (QED) is 0.421. The van der Waals surface area contributed by atoms with Crippen LogP contribution in [-0.2, 0) is 13.6 Å². The second-order valence-electron chi connectivity index (χ2n) is 7.13. The lowest BCUT2D eigenvalue weighted by molar-refractivity contribution is 0.217. The summed E-state index contributed by atoms with van der Waals surface area (Å²) >= 11 is 0. The summed E-state index contributed by atoms with van der Waals surface area (Å²) in [5.74, 6) is -0.497. The molecule has 1 aliphatic heterocycles. The fourth-order valence-electron chi connectivity index (χ4n) is 3.69. The molecule has 2 N–H and O–H groups in total. The number of hydrogen-bond acceptors (Lipinski definition) is 9. The fourth-order valence-corrected chi connectivity index (χ4v) is 3.69. The first kappa shape index (κ1) is 19.4. The van der Waals surface area contributed by atoms with Crippen molar-refractivity contribution in [3.8, 4) is 28.9 Å². The molecule has 3 aromatic heterocycles. The first-order valence-corrected chi connectivity index (χ1v) is 9.45. The first-order chi connectivity index (χ1) is 15.4. The molecule has 0 aliphatic carbocycles. The van der Waals surface area contributed by atoms with E-state index in [1.165, 1.54) is 38.6 Å². The molecule has 5 rings (SSSR count). The molecule has 1 aliphatic rings. The molecule has 0 radical (unpaired) electrons. The largest absolute Gasteiger partial charge is 0.467 e. The van der Waals surface area contributed by atoms with Crippen molar-refractivity contribution in [3.05, 3.63) is 57.6 Å². The Morgan fingerprint density at radius 3 is 2.97 bits per heavy atom. The maximum atomic E-state index is 14.1. The van der Waals surface area contributed by atoms with Gasteiger partial charge in [-0.25, -0.2) is 19.2 Å². The van der Waals surface area contributed by atoms with Crippen LogP contribution < -0.4 is 16.2 Å². The Labute approximate surface area is 179 Å². The van der Waals surface area contributed by atoms with Crippen LogP contribution in [0.15, 0.2) is 29.2 Å². The highest BCUT2D eigenvalue weighted by molar-refractivity contribution is 5.69. The maximum absolute atomic E-state index is 14.1. The summed E-state index contributed by atoms with van der Waals surface area (Å²) in [6.45, 7) is 1.64. The highest BCUT2D eigenvalue weighted by Crippen LogP contribution is 2.33. The summed E-state index contributed by atoms with van der Waals surface area (Å²) < 4.78 is 22.7. The Kier molecular flexibility index (Phi) is 4.22. The van der Waals surface area contributed by atoms with Gasteiger partial charge in [0.15, 0.2) is 5.82 Å². The minimum absolute atomic E-state index is 0.00320. The van der Waals surface area contributed by atoms with Crippen molar-refractivity contribution in [2.45, 2.75) is 19.6 Å². The zero-order valence-electron chi connectivity index (χ0n) is 16.9. The Morgan fingerprint density at radius 1 is 1.38 bits per heavy atom. The smallest absolute Gasteiger partial charge is 0.388 e. The topological polar surface area (TPSA) is 155 Å². The second kappa shape index (κ2) is 6.98. The number of nitrogens with zero attached hydrogens (tertiary/aromatic N) is 9. The van der Waals surface area contributed by atoms with Crippen LogP contribution in [0.5, 0.6) is 5.88 Å². The minimum Gasteiger partial charge on any atom is -0.467 e. The van der Waals surface area contributed by atoms with E-state index in [1.54, 1.807) is 14.0 Å². The number of hydrogen-bond donors (Lipinski definition) is 1. The molecule has 12 nitrogen and oxygen atoms in total. The lowest BCUT2D eigenvalue weighted by atomic mass is 10.1. The van der Waals surface area contributed by atoms with Crippen molar-refractivity contribution < 1.29 is 9.13 Å². The van der Waals surface area contributed by atoms with Crippen LogP contribution in [0.4, 0.5) is 10.2 Å². The number of rotatable bonds is 0. The molecule has 0 amide bonds. The summed E-state index contributed by atoms with van der Waals surface area (Å²) in [4.78, 5) is 22.5. The predicted octanol–water partition coefficient (Wildman–Crippen LogP) is 0.714. The molecule has 2 bridgehead atoms. The number of anilines is 1. The van der Waals surface area contributed by atoms with Crippen molar-refractivity contribution in [1.82, 2.24) is 39.5 Å². The summed E-state index contributed by atoms with van der Waals surface area (Å²) in [5, 5.41) is 21.7. The number of halogens is 1. The number of aromatic nitrogens is 8. The Morgan fingerprint density at radius 2 is 2.19 bits per heavy atom. The van der Waals surface area contributed by atoms with Gasteiger partial charge in [0, 0.05) is 12.6 Å². The van der Waals surface area contributed by atoms with Crippen LogP contribution in [0.1, 0.15) is 30.0 Å². The summed E-state index contributed by atoms with van der Waals surface area (Å²) in [7, 11) is 1.61. The van der Waals surface area contributed by atoms with Crippen molar-refractivity contribution >= 4 is 5.82 Å². The van der Waals surface area contributed by atoms with Gasteiger partial charge in [-0.15, -0.1) is 0 Å². The van der Waals surface area contributed by atoms with Crippen molar-refractivity contribution in [1.29, 1.82) is 5.26 Å². The summed E-state index contributed by atoms with van der Waals surface area (Å²) in [5.41, 5.74) is 7.28. The molecule has 0 unspecified atom stereocenters. The third kappa shape index (κ3) is 2.88. The number of nitrogens with two attached hydrogens (primary N) is 1. The lowest BCUT2D eigenvalue weighted by Gasteiger charge is -2.20. The molecule has 4 aromatic rings. The van der Waals surface area contributed by atoms with E-state index in [9.17, 15) is 14.4 Å². The van der Waals surface area contributed by atoms with Gasteiger partial charge in [-0.1, -0.05) is 5.10 Å². The van der Waals surface area contributed by atoms with Crippen LogP contribution in [0, 0.1) is 17.1 Å². The van der Waals surface area contributed by atoms with Crippen molar-refractivity contribution in [2.24, 2.45) is 7.05 Å². The number of tetrazole rings is 1. The van der Waals surface area contributed by atoms with Gasteiger partial charge in [-0.2, -0.15) is 19.8 Å². The van der Waals surface area contributed by atoms with E-state index in [0.717, 1.165) is 0 Å². The Bertz CT molecular complexity index is 1480. The molecule has 4 heterocycles. The molecule has 1 aromatic carbocycles. The zero-order chi connectivity index (χ0) is 22.6. The normalized spacial score (nSPS) is 14.8. The van der Waals surface area contributed by atoms with Crippen LogP contribution in [-0.4, -0.2) is 39.5 Å². The molecular weight excluding hydrogens is 419 g/mol. The first-order valence-electron chi connectivity index (χ1n) is 9.45. The fraction of sp³-hybridized carbons (Fsp3) is 0.211. The third-order valence-corrected chi connectivity index (χ3v) is 5.13. The lowest BCUT2D eigenvalue weighted by Crippen LogP contribution is -2.25. The SMILES string of the molecule is C[C@H]1Oc2nc(cnc2N)-c2c(nn(C)c2C#N)Cn2nnc(=O)n2-c2ccc(F)cc21. The Balaban J connectivity index is 1.86. The van der Waals surface area contributed by atoms with Gasteiger partial charge >= 0.3 is 5.69 Å². The summed E-state index contributed by atoms with van der Waals surface area (Å²) in [6.07, 6.45) is 0.633. The van der Waals surface area contributed by atoms with Gasteiger partial charge in [0.25, 0.3) is 5.88 Å². The van der Waals surface area contributed by atoms with E-state index in [0.29, 0.717) is 28.2 Å². The van der Waals surface area contributed by atoms with Gasteiger partial charge in [0.2, 0.25) is 0 Å². The maximum Gasteiger partial charge on any atom is 0.388 e. The van der Waals surface area contributed by atoms with Gasteiger partial charge in [0.05, 0.1) is 28.8 Å². The van der Waals surface area contributed by atoms with Gasteiger partial charge in [0.1, 0.15) is 30.2 Å². The molecule has 13 heteroatoms. The van der Waals surface area contributed by atoms with E-state index < -0.39 is 17.6 Å². The number of aryl methyl sites for hydroxylation is 1. The van der Waals surface area contributed by atoms with Crippen molar-refractivity contribution in [2.75, 3.05) is 5.73 Å². The predicted molar refractivity (Wildman–Crippen MR) is 107 cm³/mol. The second-order valence-corrected chi connectivity index (χ2v) is 7.13. The van der Waals surface area contributed by atoms with E-state index >= 15 is 0 Å². The molecule has 32 heavy (non-hydrogen) atoms. The van der Waals surface area contributed by atoms with Crippen LogP contribution in [0.25, 0.3) is 16.9 Å². The number of benzene rings is 1. The Hall–Kier alpha value is -4.60. The average Bonchev–Trinajstić information content (AvgIpc) is 3.27. The zero-order valence-corrected chi connectivity index (χ0v) is 16.9. The van der Waals surface area contributed by atoms with E-state index in [4.69, 9.17) is 10.5 Å². The molecule has 160 valence electrons. The van der Waals surface area contributed by atoms with Crippen LogP contribution >= 0.6 is 0 Å². The number of nitrogen functional groups attached to an aromatic ring is 1. The van der Waals surface area contributed by atoms with Gasteiger partial charge < -0.3 is 10.5 Å². The van der Waals surface area contributed by atoms with Gasteiger partial charge in [-0.05, 0) is 30.3 Å². The highest BCUT2D eigenvalue weighted by atomic mass is 19.1. The van der Waals surface area contributed by atoms with Crippen LogP contribution in [0.3, 0.4) is 0 Å². The third-order valence-electron chi connectivity index (χ3n) is 5.13. The van der Waals surface area contributed by atoms with E-state index in [2.05, 4.69) is 31.4 Å². The standard InChI is InChI=1S/C19H15FN10O2/c1-9-11-5-10(20)3-4-14(11)30-19(31)25-27-29(30)8-13-16(15(6-21)28(2)26-13)12-7-23-17(22)18(24-12)32-9/h3-5,7,9H,8H2,1-2H3,(H2,22,23)/t9-/m1/s1. The monoisotopic (exact) mass is 434 g/mol. The summed E-state index contributed by atoms with van der Waals surface area (Å²) in [6, 6.07) is 6.01. The molecular formula is C19H15FN10O2. The van der Waals surface area contributed by atoms with E-state index in [-0.39, 0.29) is 23.9 Å². The molecule has 0 saturated heterocycles. The minimum atomic E-state index is -0.772. The number of fused-ring (bicyclic) bond motifs is 7. The number of ether oxygens (including phenoxy) is 1. The van der Waals surface area contributed by atoms with Crippen molar-refractivity contribution in [3.63, 3.8) is 0 Å². The van der Waals surface area contributed by atoms with Gasteiger partial charge in [-0.3, -0.25) is 4.68 Å². The molecule has 1 atom stereocenters. The van der Waals surface area contributed by atoms with Crippen LogP contribution in [0.2, 0.25) is 0 Å². The molecule has 0 saturated carbocycles.